The maximum absolute atomic E-state index is 6.58. The molecule has 0 aliphatic heterocycles. The van der Waals surface area contributed by atoms with Gasteiger partial charge in [-0.15, -0.1) is 0 Å². The summed E-state index contributed by atoms with van der Waals surface area (Å²) in [5, 5.41) is 0.662. The quantitative estimate of drug-likeness (QED) is 0.406. The minimum absolute atomic E-state index is 0.502. The van der Waals surface area contributed by atoms with Crippen LogP contribution >= 0.6 is 11.6 Å². The molecule has 3 aromatic carbocycles. The molecule has 0 aromatic heterocycles. The summed E-state index contributed by atoms with van der Waals surface area (Å²) in [6.45, 7) is 1.80. The number of hydrogen-bond acceptors (Lipinski definition) is 1. The van der Waals surface area contributed by atoms with Crippen LogP contribution in [0.2, 0.25) is 5.02 Å². The van der Waals surface area contributed by atoms with E-state index in [0.717, 1.165) is 16.7 Å². The lowest BCUT2D eigenvalue weighted by Gasteiger charge is -2.33. The minimum atomic E-state index is -0.778. The van der Waals surface area contributed by atoms with Gasteiger partial charge in [-0.1, -0.05) is 90.5 Å². The van der Waals surface area contributed by atoms with Gasteiger partial charge in [-0.3, -0.25) is 4.99 Å². The number of nitrogens with zero attached hydrogens (tertiary/aromatic N) is 1. The van der Waals surface area contributed by atoms with Crippen molar-refractivity contribution in [3.8, 4) is 0 Å². The highest BCUT2D eigenvalue weighted by Gasteiger charge is 2.37. The Labute approximate surface area is 147 Å². The summed E-state index contributed by atoms with van der Waals surface area (Å²) in [6.07, 6.45) is 0. The summed E-state index contributed by atoms with van der Waals surface area (Å²) in [4.78, 5) is 4.89. The fourth-order valence-electron chi connectivity index (χ4n) is 3.04. The SMILES string of the molecule is CC(N)=NC(c1ccccc1)(c1ccccc1)c1ccccc1Cl. The Bertz CT molecular complexity index is 798. The van der Waals surface area contributed by atoms with Gasteiger partial charge in [0, 0.05) is 10.6 Å². The normalized spacial score (nSPS) is 12.2. The van der Waals surface area contributed by atoms with E-state index in [1.807, 2.05) is 60.7 Å². The third kappa shape index (κ3) is 2.93. The van der Waals surface area contributed by atoms with Gasteiger partial charge in [0.15, 0.2) is 0 Å². The van der Waals surface area contributed by atoms with Gasteiger partial charge >= 0.3 is 0 Å². The van der Waals surface area contributed by atoms with Gasteiger partial charge in [-0.05, 0) is 24.1 Å². The fourth-order valence-corrected chi connectivity index (χ4v) is 3.32. The van der Waals surface area contributed by atoms with Crippen LogP contribution < -0.4 is 5.73 Å². The number of amidine groups is 1. The van der Waals surface area contributed by atoms with Crippen molar-refractivity contribution in [3.63, 3.8) is 0 Å². The van der Waals surface area contributed by atoms with E-state index < -0.39 is 5.54 Å². The molecule has 0 atom stereocenters. The van der Waals surface area contributed by atoms with Crippen LogP contribution in [0.5, 0.6) is 0 Å². The Morgan fingerprint density at radius 3 is 1.71 bits per heavy atom. The van der Waals surface area contributed by atoms with E-state index in [9.17, 15) is 0 Å². The Kier molecular flexibility index (Phi) is 4.68. The van der Waals surface area contributed by atoms with Crippen LogP contribution in [0, 0.1) is 0 Å². The van der Waals surface area contributed by atoms with E-state index in [0.29, 0.717) is 10.9 Å². The highest BCUT2D eigenvalue weighted by atomic mass is 35.5. The number of rotatable bonds is 4. The zero-order valence-electron chi connectivity index (χ0n) is 13.5. The Balaban J connectivity index is 2.43. The highest BCUT2D eigenvalue weighted by molar-refractivity contribution is 6.31. The molecule has 24 heavy (non-hydrogen) atoms. The molecule has 0 amide bonds. The molecule has 3 heteroatoms. The Morgan fingerprint density at radius 1 is 0.792 bits per heavy atom. The summed E-state index contributed by atoms with van der Waals surface area (Å²) in [6, 6.07) is 28.0. The van der Waals surface area contributed by atoms with Crippen LogP contribution in [0.15, 0.2) is 89.9 Å². The summed E-state index contributed by atoms with van der Waals surface area (Å²) < 4.78 is 0. The average molecular weight is 335 g/mol. The molecule has 0 saturated carbocycles. The molecule has 0 bridgehead atoms. The molecule has 0 fully saturated rings. The Hall–Kier alpha value is -2.58. The van der Waals surface area contributed by atoms with Crippen molar-refractivity contribution in [1.82, 2.24) is 0 Å². The molecule has 0 aliphatic carbocycles. The zero-order valence-corrected chi connectivity index (χ0v) is 14.2. The molecule has 0 saturated heterocycles. The first-order valence-electron chi connectivity index (χ1n) is 7.82. The highest BCUT2D eigenvalue weighted by Crippen LogP contribution is 2.43. The second-order valence-corrected chi connectivity index (χ2v) is 6.08. The monoisotopic (exact) mass is 334 g/mol. The predicted octanol–water partition coefficient (Wildman–Crippen LogP) is 5.01. The maximum atomic E-state index is 6.58. The number of halogens is 1. The molecule has 3 aromatic rings. The van der Waals surface area contributed by atoms with Crippen molar-refractivity contribution in [2.75, 3.05) is 0 Å². The van der Waals surface area contributed by atoms with E-state index in [2.05, 4.69) is 24.3 Å². The molecule has 0 spiro atoms. The van der Waals surface area contributed by atoms with Crippen molar-refractivity contribution in [1.29, 1.82) is 0 Å². The van der Waals surface area contributed by atoms with Crippen molar-refractivity contribution < 1.29 is 0 Å². The summed E-state index contributed by atoms with van der Waals surface area (Å²) in [5.41, 5.74) is 8.23. The lowest BCUT2D eigenvalue weighted by molar-refractivity contribution is 0.655. The summed E-state index contributed by atoms with van der Waals surface area (Å²) in [7, 11) is 0. The van der Waals surface area contributed by atoms with Gasteiger partial charge in [0.25, 0.3) is 0 Å². The van der Waals surface area contributed by atoms with E-state index in [1.54, 1.807) is 6.92 Å². The third-order valence-electron chi connectivity index (χ3n) is 3.99. The van der Waals surface area contributed by atoms with E-state index in [1.165, 1.54) is 0 Å². The van der Waals surface area contributed by atoms with E-state index in [-0.39, 0.29) is 0 Å². The molecule has 0 radical (unpaired) electrons. The summed E-state index contributed by atoms with van der Waals surface area (Å²) in [5.74, 6) is 0.502. The molecule has 0 heterocycles. The van der Waals surface area contributed by atoms with Crippen molar-refractivity contribution >= 4 is 17.4 Å². The number of nitrogens with two attached hydrogens (primary N) is 1. The molecular weight excluding hydrogens is 316 g/mol. The molecule has 120 valence electrons. The van der Waals surface area contributed by atoms with Crippen LogP contribution in [0.25, 0.3) is 0 Å². The van der Waals surface area contributed by atoms with Gasteiger partial charge in [0.05, 0.1) is 5.84 Å². The molecule has 0 aliphatic rings. The first-order chi connectivity index (χ1) is 11.6. The van der Waals surface area contributed by atoms with Crippen molar-refractivity contribution in [2.45, 2.75) is 12.5 Å². The first kappa shape index (κ1) is 16.3. The van der Waals surface area contributed by atoms with Gasteiger partial charge in [-0.25, -0.2) is 0 Å². The Morgan fingerprint density at radius 2 is 1.25 bits per heavy atom. The molecule has 0 unspecified atom stereocenters. The predicted molar refractivity (Wildman–Crippen MR) is 102 cm³/mol. The molecule has 3 rings (SSSR count). The number of hydrogen-bond donors (Lipinski definition) is 1. The second kappa shape index (κ2) is 6.90. The maximum Gasteiger partial charge on any atom is 0.139 e. The van der Waals surface area contributed by atoms with Crippen LogP contribution in [-0.4, -0.2) is 5.84 Å². The van der Waals surface area contributed by atoms with E-state index >= 15 is 0 Å². The van der Waals surface area contributed by atoms with Crippen molar-refractivity contribution in [2.24, 2.45) is 10.7 Å². The zero-order chi connectivity index (χ0) is 17.0. The molecule has 2 nitrogen and oxygen atoms in total. The topological polar surface area (TPSA) is 38.4 Å². The third-order valence-corrected chi connectivity index (χ3v) is 4.32. The smallest absolute Gasteiger partial charge is 0.139 e. The van der Waals surface area contributed by atoms with Crippen LogP contribution in [-0.2, 0) is 5.54 Å². The van der Waals surface area contributed by atoms with Crippen LogP contribution in [0.3, 0.4) is 0 Å². The van der Waals surface area contributed by atoms with Gasteiger partial charge in [-0.2, -0.15) is 0 Å². The second-order valence-electron chi connectivity index (χ2n) is 5.68. The van der Waals surface area contributed by atoms with Crippen molar-refractivity contribution in [3.05, 3.63) is 107 Å². The fraction of sp³-hybridized carbons (Fsp3) is 0.0952. The number of benzene rings is 3. The molecular formula is C21H19ClN2. The van der Waals surface area contributed by atoms with E-state index in [4.69, 9.17) is 22.3 Å². The number of aliphatic imine (C=N–C) groups is 1. The van der Waals surface area contributed by atoms with Crippen LogP contribution in [0.1, 0.15) is 23.6 Å². The van der Waals surface area contributed by atoms with Gasteiger partial charge in [0.2, 0.25) is 0 Å². The van der Waals surface area contributed by atoms with Gasteiger partial charge < -0.3 is 5.73 Å². The first-order valence-corrected chi connectivity index (χ1v) is 8.20. The largest absolute Gasteiger partial charge is 0.388 e. The minimum Gasteiger partial charge on any atom is -0.388 e. The summed E-state index contributed by atoms with van der Waals surface area (Å²) >= 11 is 6.58. The van der Waals surface area contributed by atoms with Gasteiger partial charge in [0.1, 0.15) is 5.54 Å². The lowest BCUT2D eigenvalue weighted by atomic mass is 9.77. The lowest BCUT2D eigenvalue weighted by Crippen LogP contribution is -2.30. The van der Waals surface area contributed by atoms with Crippen LogP contribution in [0.4, 0.5) is 0 Å². The molecule has 2 N–H and O–H groups in total. The average Bonchev–Trinajstić information content (AvgIpc) is 2.62. The standard InChI is InChI=1S/C21H19ClN2/c1-16(23)24-21(17-10-4-2-5-11-17,18-12-6-3-7-13-18)19-14-8-9-15-20(19)22/h2-15H,1H3,(H2,23,24).